The molecule has 0 atom stereocenters. The van der Waals surface area contributed by atoms with Gasteiger partial charge in [0.25, 0.3) is 5.91 Å². The third-order valence-corrected chi connectivity index (χ3v) is 4.63. The van der Waals surface area contributed by atoms with Crippen LogP contribution in [0, 0.1) is 0 Å². The molecule has 1 aromatic carbocycles. The summed E-state index contributed by atoms with van der Waals surface area (Å²) in [7, 11) is -3.25. The third-order valence-electron chi connectivity index (χ3n) is 3.50. The molecule has 0 bridgehead atoms. The van der Waals surface area contributed by atoms with E-state index >= 15 is 0 Å². The van der Waals surface area contributed by atoms with Gasteiger partial charge in [-0.05, 0) is 30.3 Å². The standard InChI is InChI=1S/C15H13N3O4S/c1-23(21,22)11-5-2-9(3-6-11)14-16-12-7-4-10(15(19)18-20)8-13(12)17-14/h2-7,20H,8H2,1H3,(H,18,19). The Morgan fingerprint density at radius 3 is 2.48 bits per heavy atom. The molecule has 1 amide bonds. The lowest BCUT2D eigenvalue weighted by molar-refractivity contribution is -0.125. The van der Waals surface area contributed by atoms with Gasteiger partial charge in [-0.2, -0.15) is 0 Å². The summed E-state index contributed by atoms with van der Waals surface area (Å²) in [4.78, 5) is 20.4. The monoisotopic (exact) mass is 331 g/mol. The SMILES string of the molecule is CS(=O)(=O)c1ccc(C2=NC3=CC=C(C(=O)NO)CC3=N2)cc1. The third kappa shape index (κ3) is 2.99. The molecule has 2 N–H and O–H groups in total. The summed E-state index contributed by atoms with van der Waals surface area (Å²) in [5, 5.41) is 8.67. The number of rotatable bonds is 3. The Hall–Kier alpha value is -2.58. The van der Waals surface area contributed by atoms with Crippen LogP contribution in [0.5, 0.6) is 0 Å². The Balaban J connectivity index is 1.86. The van der Waals surface area contributed by atoms with Crippen LogP contribution >= 0.6 is 0 Å². The number of hydroxylamine groups is 1. The first-order valence-electron chi connectivity index (χ1n) is 6.71. The maximum Gasteiger partial charge on any atom is 0.270 e. The van der Waals surface area contributed by atoms with E-state index in [1.165, 1.54) is 12.1 Å². The minimum atomic E-state index is -3.25. The molecule has 2 aliphatic rings. The fourth-order valence-corrected chi connectivity index (χ4v) is 2.91. The number of amidine groups is 1. The molecule has 1 aromatic rings. The average molecular weight is 331 g/mol. The van der Waals surface area contributed by atoms with Gasteiger partial charge in [-0.15, -0.1) is 0 Å². The topological polar surface area (TPSA) is 108 Å². The number of hydrogen-bond acceptors (Lipinski definition) is 6. The van der Waals surface area contributed by atoms with Crippen molar-refractivity contribution in [3.63, 3.8) is 0 Å². The number of fused-ring (bicyclic) bond motifs is 1. The highest BCUT2D eigenvalue weighted by Gasteiger charge is 2.23. The molecule has 7 nitrogen and oxygen atoms in total. The van der Waals surface area contributed by atoms with Crippen molar-refractivity contribution in [2.24, 2.45) is 9.98 Å². The van der Waals surface area contributed by atoms with Crippen molar-refractivity contribution in [1.29, 1.82) is 0 Å². The highest BCUT2D eigenvalue weighted by molar-refractivity contribution is 7.90. The van der Waals surface area contributed by atoms with Crippen LogP contribution in [0.1, 0.15) is 12.0 Å². The number of nitrogens with one attached hydrogen (secondary N) is 1. The van der Waals surface area contributed by atoms with Gasteiger partial charge in [-0.1, -0.05) is 6.08 Å². The van der Waals surface area contributed by atoms with Crippen LogP contribution in [0.2, 0.25) is 0 Å². The molecule has 0 saturated heterocycles. The van der Waals surface area contributed by atoms with E-state index in [1.807, 2.05) is 0 Å². The first-order valence-corrected chi connectivity index (χ1v) is 8.60. The van der Waals surface area contributed by atoms with E-state index in [4.69, 9.17) is 5.21 Å². The Bertz CT molecular complexity index is 907. The number of nitrogens with zero attached hydrogens (tertiary/aromatic N) is 2. The van der Waals surface area contributed by atoms with E-state index in [9.17, 15) is 13.2 Å². The maximum atomic E-state index is 11.5. The zero-order chi connectivity index (χ0) is 16.6. The zero-order valence-corrected chi connectivity index (χ0v) is 13.0. The number of amides is 1. The lowest BCUT2D eigenvalue weighted by Gasteiger charge is -2.09. The highest BCUT2D eigenvalue weighted by Crippen LogP contribution is 2.24. The first-order chi connectivity index (χ1) is 10.9. The molecule has 0 unspecified atom stereocenters. The predicted octanol–water partition coefficient (Wildman–Crippen LogP) is 1.01. The van der Waals surface area contributed by atoms with Gasteiger partial charge in [0.2, 0.25) is 0 Å². The van der Waals surface area contributed by atoms with Crippen LogP contribution in [0.4, 0.5) is 0 Å². The second-order valence-corrected chi connectivity index (χ2v) is 7.17. The number of carbonyl (C=O) groups excluding carboxylic acids is 1. The second-order valence-electron chi connectivity index (χ2n) is 5.15. The highest BCUT2D eigenvalue weighted by atomic mass is 32.2. The molecule has 23 heavy (non-hydrogen) atoms. The molecule has 8 heteroatoms. The lowest BCUT2D eigenvalue weighted by Crippen LogP contribution is -2.23. The van der Waals surface area contributed by atoms with Crippen molar-refractivity contribution in [3.8, 4) is 0 Å². The molecule has 0 spiro atoms. The smallest absolute Gasteiger partial charge is 0.270 e. The van der Waals surface area contributed by atoms with Gasteiger partial charge in [0.05, 0.1) is 16.3 Å². The predicted molar refractivity (Wildman–Crippen MR) is 84.2 cm³/mol. The summed E-state index contributed by atoms with van der Waals surface area (Å²) < 4.78 is 22.9. The number of benzene rings is 1. The molecule has 0 fully saturated rings. The van der Waals surface area contributed by atoms with Crippen molar-refractivity contribution in [2.75, 3.05) is 6.26 Å². The van der Waals surface area contributed by atoms with Crippen molar-refractivity contribution in [3.05, 3.63) is 53.3 Å². The first kappa shape index (κ1) is 15.3. The van der Waals surface area contributed by atoms with E-state index in [-0.39, 0.29) is 11.3 Å². The van der Waals surface area contributed by atoms with Gasteiger partial charge in [0.1, 0.15) is 0 Å². The Morgan fingerprint density at radius 2 is 1.87 bits per heavy atom. The minimum absolute atomic E-state index is 0.229. The van der Waals surface area contributed by atoms with Crippen molar-refractivity contribution in [2.45, 2.75) is 11.3 Å². The second kappa shape index (κ2) is 5.56. The minimum Gasteiger partial charge on any atom is -0.288 e. The summed E-state index contributed by atoms with van der Waals surface area (Å²) >= 11 is 0. The maximum absolute atomic E-state index is 11.5. The summed E-state index contributed by atoms with van der Waals surface area (Å²) in [6.45, 7) is 0. The van der Waals surface area contributed by atoms with Crippen LogP contribution in [-0.2, 0) is 14.6 Å². The van der Waals surface area contributed by atoms with E-state index in [2.05, 4.69) is 9.98 Å². The molecule has 1 heterocycles. The molecular weight excluding hydrogens is 318 g/mol. The average Bonchev–Trinajstić information content (AvgIpc) is 2.96. The Labute approximate surface area is 132 Å². The van der Waals surface area contributed by atoms with E-state index in [0.717, 1.165) is 6.26 Å². The number of aliphatic imine (C=N–C) groups is 2. The summed E-state index contributed by atoms with van der Waals surface area (Å²) in [6.07, 6.45) is 4.66. The molecule has 0 aromatic heterocycles. The van der Waals surface area contributed by atoms with Crippen molar-refractivity contribution < 1.29 is 18.4 Å². The van der Waals surface area contributed by atoms with Gasteiger partial charge in [0.15, 0.2) is 15.7 Å². The zero-order valence-electron chi connectivity index (χ0n) is 12.1. The number of carbonyl (C=O) groups is 1. The summed E-state index contributed by atoms with van der Waals surface area (Å²) in [5.74, 6) is -0.112. The molecule has 0 radical (unpaired) electrons. The van der Waals surface area contributed by atoms with Gasteiger partial charge >= 0.3 is 0 Å². The summed E-state index contributed by atoms with van der Waals surface area (Å²) in [6, 6.07) is 6.30. The fourth-order valence-electron chi connectivity index (χ4n) is 2.28. The van der Waals surface area contributed by atoms with Crippen LogP contribution < -0.4 is 5.48 Å². The molecule has 1 aliphatic heterocycles. The van der Waals surface area contributed by atoms with Crippen molar-refractivity contribution >= 4 is 27.3 Å². The van der Waals surface area contributed by atoms with Gasteiger partial charge in [-0.25, -0.2) is 23.9 Å². The largest absolute Gasteiger partial charge is 0.288 e. The fraction of sp³-hybridized carbons (Fsp3) is 0.133. The number of allylic oxidation sites excluding steroid dienone is 3. The quantitative estimate of drug-likeness (QED) is 0.636. The molecular formula is C15H13N3O4S. The van der Waals surface area contributed by atoms with E-state index < -0.39 is 15.7 Å². The molecule has 1 aliphatic carbocycles. The van der Waals surface area contributed by atoms with Crippen LogP contribution in [0.15, 0.2) is 62.6 Å². The Morgan fingerprint density at radius 1 is 1.17 bits per heavy atom. The van der Waals surface area contributed by atoms with Gasteiger partial charge < -0.3 is 0 Å². The van der Waals surface area contributed by atoms with E-state index in [0.29, 0.717) is 28.4 Å². The number of sulfone groups is 1. The number of hydrogen-bond donors (Lipinski definition) is 2. The van der Waals surface area contributed by atoms with E-state index in [1.54, 1.807) is 29.8 Å². The van der Waals surface area contributed by atoms with Gasteiger partial charge in [0, 0.05) is 23.8 Å². The molecule has 3 rings (SSSR count). The normalized spacial score (nSPS) is 16.8. The summed E-state index contributed by atoms with van der Waals surface area (Å²) in [5.41, 5.74) is 3.96. The van der Waals surface area contributed by atoms with Crippen molar-refractivity contribution in [1.82, 2.24) is 5.48 Å². The lowest BCUT2D eigenvalue weighted by atomic mass is 10.0. The molecule has 118 valence electrons. The van der Waals surface area contributed by atoms with Gasteiger partial charge in [-0.3, -0.25) is 10.0 Å². The van der Waals surface area contributed by atoms with Crippen LogP contribution in [0.25, 0.3) is 0 Å². The van der Waals surface area contributed by atoms with Crippen LogP contribution in [-0.4, -0.2) is 37.3 Å². The Kier molecular flexibility index (Phi) is 3.70. The van der Waals surface area contributed by atoms with Crippen LogP contribution in [0.3, 0.4) is 0 Å². The molecule has 0 saturated carbocycles.